The summed E-state index contributed by atoms with van der Waals surface area (Å²) in [5.74, 6) is 0.570. The van der Waals surface area contributed by atoms with Crippen LogP contribution < -0.4 is 5.73 Å². The van der Waals surface area contributed by atoms with E-state index in [2.05, 4.69) is 55.3 Å². The second-order valence-corrected chi connectivity index (χ2v) is 6.96. The fraction of sp³-hybridized carbons (Fsp3) is 0.529. The van der Waals surface area contributed by atoms with Crippen molar-refractivity contribution in [2.24, 2.45) is 5.73 Å². The molecule has 1 fully saturated rings. The van der Waals surface area contributed by atoms with E-state index in [0.29, 0.717) is 12.5 Å². The van der Waals surface area contributed by atoms with Gasteiger partial charge in [-0.3, -0.25) is 0 Å². The SMILES string of the molecule is CC(C)(C)c1ccc(-n2nnc(CN)c2C2CCC2)cc1. The predicted octanol–water partition coefficient (Wildman–Crippen LogP) is 3.29. The standard InChI is InChI=1S/C17H24N4/c1-17(2,3)13-7-9-14(10-8-13)21-16(12-5-4-6-12)15(11-18)19-20-21/h7-10,12H,4-6,11,18H2,1-3H3. The van der Waals surface area contributed by atoms with Crippen molar-refractivity contribution in [3.05, 3.63) is 41.2 Å². The third-order valence-electron chi connectivity index (χ3n) is 4.44. The molecule has 0 saturated heterocycles. The first kappa shape index (κ1) is 14.3. The van der Waals surface area contributed by atoms with Crippen LogP contribution in [0.4, 0.5) is 0 Å². The number of nitrogens with zero attached hydrogens (tertiary/aromatic N) is 3. The van der Waals surface area contributed by atoms with Gasteiger partial charge in [-0.05, 0) is 36.0 Å². The predicted molar refractivity (Wildman–Crippen MR) is 84.5 cm³/mol. The van der Waals surface area contributed by atoms with Crippen LogP contribution in [0.25, 0.3) is 5.69 Å². The van der Waals surface area contributed by atoms with Crippen molar-refractivity contribution >= 4 is 0 Å². The summed E-state index contributed by atoms with van der Waals surface area (Å²) in [6.07, 6.45) is 3.74. The molecule has 0 radical (unpaired) electrons. The van der Waals surface area contributed by atoms with Gasteiger partial charge in [0.1, 0.15) is 5.69 Å². The normalized spacial score (nSPS) is 16.0. The van der Waals surface area contributed by atoms with Crippen LogP contribution in [0.5, 0.6) is 0 Å². The molecule has 0 bridgehead atoms. The molecule has 4 nitrogen and oxygen atoms in total. The monoisotopic (exact) mass is 284 g/mol. The third kappa shape index (κ3) is 2.60. The molecule has 0 aliphatic heterocycles. The lowest BCUT2D eigenvalue weighted by atomic mass is 9.82. The highest BCUT2D eigenvalue weighted by atomic mass is 15.4. The van der Waals surface area contributed by atoms with E-state index < -0.39 is 0 Å². The van der Waals surface area contributed by atoms with Gasteiger partial charge < -0.3 is 5.73 Å². The van der Waals surface area contributed by atoms with Crippen LogP contribution in [-0.2, 0) is 12.0 Å². The Morgan fingerprint density at radius 3 is 2.33 bits per heavy atom. The number of nitrogens with two attached hydrogens (primary N) is 1. The minimum absolute atomic E-state index is 0.167. The molecule has 2 N–H and O–H groups in total. The maximum absolute atomic E-state index is 5.82. The van der Waals surface area contributed by atoms with Gasteiger partial charge in [-0.2, -0.15) is 0 Å². The van der Waals surface area contributed by atoms with Crippen LogP contribution in [0.15, 0.2) is 24.3 Å². The Labute approximate surface area is 126 Å². The van der Waals surface area contributed by atoms with E-state index in [-0.39, 0.29) is 5.41 Å². The minimum atomic E-state index is 0.167. The Hall–Kier alpha value is -1.68. The summed E-state index contributed by atoms with van der Waals surface area (Å²) in [7, 11) is 0. The molecule has 1 aromatic carbocycles. The Morgan fingerprint density at radius 2 is 1.86 bits per heavy atom. The summed E-state index contributed by atoms with van der Waals surface area (Å²) in [4.78, 5) is 0. The van der Waals surface area contributed by atoms with Gasteiger partial charge >= 0.3 is 0 Å². The van der Waals surface area contributed by atoms with E-state index >= 15 is 0 Å². The van der Waals surface area contributed by atoms with Crippen LogP contribution in [0.1, 0.15) is 62.9 Å². The maximum atomic E-state index is 5.82. The molecule has 1 heterocycles. The van der Waals surface area contributed by atoms with Gasteiger partial charge in [-0.25, -0.2) is 4.68 Å². The maximum Gasteiger partial charge on any atom is 0.100 e. The first-order valence-corrected chi connectivity index (χ1v) is 7.76. The zero-order valence-electron chi connectivity index (χ0n) is 13.1. The summed E-state index contributed by atoms with van der Waals surface area (Å²) >= 11 is 0. The Morgan fingerprint density at radius 1 is 1.19 bits per heavy atom. The van der Waals surface area contributed by atoms with E-state index in [1.54, 1.807) is 0 Å². The largest absolute Gasteiger partial charge is 0.325 e. The van der Waals surface area contributed by atoms with Crippen LogP contribution >= 0.6 is 0 Å². The van der Waals surface area contributed by atoms with Crippen LogP contribution in [0, 0.1) is 0 Å². The molecule has 0 atom stereocenters. The average Bonchev–Trinajstić information content (AvgIpc) is 2.79. The molecule has 1 aliphatic rings. The molecule has 3 rings (SSSR count). The molecule has 4 heteroatoms. The summed E-state index contributed by atoms with van der Waals surface area (Å²) < 4.78 is 1.98. The number of rotatable bonds is 3. The van der Waals surface area contributed by atoms with Gasteiger partial charge in [-0.1, -0.05) is 44.5 Å². The molecule has 0 unspecified atom stereocenters. The molecule has 21 heavy (non-hydrogen) atoms. The van der Waals surface area contributed by atoms with Gasteiger partial charge in [0.05, 0.1) is 11.4 Å². The quantitative estimate of drug-likeness (QED) is 0.941. The number of aromatic nitrogens is 3. The van der Waals surface area contributed by atoms with Crippen LogP contribution in [0.2, 0.25) is 0 Å². The molecule has 1 saturated carbocycles. The van der Waals surface area contributed by atoms with E-state index in [0.717, 1.165) is 11.4 Å². The van der Waals surface area contributed by atoms with Crippen molar-refractivity contribution in [1.29, 1.82) is 0 Å². The zero-order valence-corrected chi connectivity index (χ0v) is 13.1. The van der Waals surface area contributed by atoms with Gasteiger partial charge in [0, 0.05) is 12.5 Å². The number of hydrogen-bond donors (Lipinski definition) is 1. The van der Waals surface area contributed by atoms with Crippen LogP contribution in [0.3, 0.4) is 0 Å². The van der Waals surface area contributed by atoms with Crippen molar-refractivity contribution in [2.45, 2.75) is 57.9 Å². The zero-order chi connectivity index (χ0) is 15.0. The number of hydrogen-bond acceptors (Lipinski definition) is 3. The fourth-order valence-electron chi connectivity index (χ4n) is 2.85. The molecule has 1 aliphatic carbocycles. The van der Waals surface area contributed by atoms with E-state index in [1.807, 2.05) is 4.68 Å². The van der Waals surface area contributed by atoms with Gasteiger partial charge in [-0.15, -0.1) is 5.10 Å². The summed E-state index contributed by atoms with van der Waals surface area (Å²) in [6.45, 7) is 7.14. The molecule has 0 amide bonds. The molecule has 112 valence electrons. The Kier molecular flexibility index (Phi) is 3.57. The second kappa shape index (κ2) is 5.26. The van der Waals surface area contributed by atoms with Gasteiger partial charge in [0.25, 0.3) is 0 Å². The van der Waals surface area contributed by atoms with E-state index in [1.165, 1.54) is 30.5 Å². The molecule has 0 spiro atoms. The number of benzene rings is 1. The summed E-state index contributed by atoms with van der Waals surface area (Å²) in [5.41, 5.74) is 10.6. The molecule has 2 aromatic rings. The highest BCUT2D eigenvalue weighted by Gasteiger charge is 2.27. The lowest BCUT2D eigenvalue weighted by Gasteiger charge is -2.26. The summed E-state index contributed by atoms with van der Waals surface area (Å²) in [6, 6.07) is 8.64. The molecular formula is C17H24N4. The molecular weight excluding hydrogens is 260 g/mol. The first-order chi connectivity index (χ1) is 10.0. The van der Waals surface area contributed by atoms with Crippen molar-refractivity contribution < 1.29 is 0 Å². The molecule has 1 aromatic heterocycles. The third-order valence-corrected chi connectivity index (χ3v) is 4.44. The first-order valence-electron chi connectivity index (χ1n) is 7.76. The Balaban J connectivity index is 1.98. The lowest BCUT2D eigenvalue weighted by Crippen LogP contribution is -2.17. The van der Waals surface area contributed by atoms with E-state index in [4.69, 9.17) is 5.73 Å². The van der Waals surface area contributed by atoms with Gasteiger partial charge in [0.2, 0.25) is 0 Å². The van der Waals surface area contributed by atoms with Crippen LogP contribution in [-0.4, -0.2) is 15.0 Å². The van der Waals surface area contributed by atoms with Crippen molar-refractivity contribution in [3.8, 4) is 5.69 Å². The van der Waals surface area contributed by atoms with Crippen molar-refractivity contribution in [2.75, 3.05) is 0 Å². The topological polar surface area (TPSA) is 56.7 Å². The highest BCUT2D eigenvalue weighted by Crippen LogP contribution is 2.38. The average molecular weight is 284 g/mol. The van der Waals surface area contributed by atoms with E-state index in [9.17, 15) is 0 Å². The highest BCUT2D eigenvalue weighted by molar-refractivity contribution is 5.39. The fourth-order valence-corrected chi connectivity index (χ4v) is 2.85. The second-order valence-electron chi connectivity index (χ2n) is 6.96. The van der Waals surface area contributed by atoms with Gasteiger partial charge in [0.15, 0.2) is 0 Å². The van der Waals surface area contributed by atoms with Crippen molar-refractivity contribution in [1.82, 2.24) is 15.0 Å². The smallest absolute Gasteiger partial charge is 0.100 e. The minimum Gasteiger partial charge on any atom is -0.325 e. The lowest BCUT2D eigenvalue weighted by molar-refractivity contribution is 0.401. The van der Waals surface area contributed by atoms with Crippen molar-refractivity contribution in [3.63, 3.8) is 0 Å². The Bertz CT molecular complexity index is 615. The summed E-state index contributed by atoms with van der Waals surface area (Å²) in [5, 5.41) is 8.61.